The Kier molecular flexibility index (Phi) is 5.84. The highest BCUT2D eigenvalue weighted by Gasteiger charge is 2.14. The van der Waals surface area contributed by atoms with Gasteiger partial charge in [0.15, 0.2) is 0 Å². The third-order valence-electron chi connectivity index (χ3n) is 2.61. The largest absolute Gasteiger partial charge is 0.453 e. The standard InChI is InChI=1S/C12H20N4O3/c1-9(15-12(18)19-3)11(17)13-6-4-5-10-7-14-16(2)8-10/h7-9H,4-6H2,1-3H3,(H,13,17)(H,15,18)/t9-/m0/s1. The highest BCUT2D eigenvalue weighted by molar-refractivity contribution is 5.85. The molecule has 0 saturated heterocycles. The van der Waals surface area contributed by atoms with E-state index in [1.165, 1.54) is 7.11 Å². The molecule has 0 aliphatic heterocycles. The molecule has 0 aliphatic rings. The molecule has 1 atom stereocenters. The summed E-state index contributed by atoms with van der Waals surface area (Å²) in [5.41, 5.74) is 1.14. The van der Waals surface area contributed by atoms with Gasteiger partial charge < -0.3 is 15.4 Å². The van der Waals surface area contributed by atoms with E-state index >= 15 is 0 Å². The van der Waals surface area contributed by atoms with Crippen molar-refractivity contribution < 1.29 is 14.3 Å². The van der Waals surface area contributed by atoms with Crippen LogP contribution in [0.4, 0.5) is 4.79 Å². The van der Waals surface area contributed by atoms with Crippen LogP contribution in [-0.2, 0) is 23.0 Å². The molecule has 7 nitrogen and oxygen atoms in total. The van der Waals surface area contributed by atoms with Crippen molar-refractivity contribution in [3.05, 3.63) is 18.0 Å². The molecule has 2 N–H and O–H groups in total. The Hall–Kier alpha value is -2.05. The van der Waals surface area contributed by atoms with Gasteiger partial charge in [-0.3, -0.25) is 9.48 Å². The summed E-state index contributed by atoms with van der Waals surface area (Å²) in [5.74, 6) is -0.225. The highest BCUT2D eigenvalue weighted by Crippen LogP contribution is 1.99. The highest BCUT2D eigenvalue weighted by atomic mass is 16.5. The molecule has 0 aliphatic carbocycles. The molecule has 2 amide bonds. The molecule has 0 fully saturated rings. The van der Waals surface area contributed by atoms with Crippen LogP contribution in [0, 0.1) is 0 Å². The molecule has 106 valence electrons. The third-order valence-corrected chi connectivity index (χ3v) is 2.61. The normalized spacial score (nSPS) is 11.7. The molecule has 0 aromatic carbocycles. The topological polar surface area (TPSA) is 85.2 Å². The average molecular weight is 268 g/mol. The monoisotopic (exact) mass is 268 g/mol. The van der Waals surface area contributed by atoms with Crippen molar-refractivity contribution in [2.24, 2.45) is 7.05 Å². The first-order valence-corrected chi connectivity index (χ1v) is 6.12. The van der Waals surface area contributed by atoms with E-state index in [2.05, 4.69) is 20.5 Å². The molecule has 0 bridgehead atoms. The summed E-state index contributed by atoms with van der Waals surface area (Å²) < 4.78 is 6.16. The van der Waals surface area contributed by atoms with E-state index in [1.807, 2.05) is 19.4 Å². The first-order valence-electron chi connectivity index (χ1n) is 6.12. The number of nitrogens with one attached hydrogen (secondary N) is 2. The van der Waals surface area contributed by atoms with Gasteiger partial charge in [-0.15, -0.1) is 0 Å². The van der Waals surface area contributed by atoms with Crippen LogP contribution in [0.1, 0.15) is 18.9 Å². The van der Waals surface area contributed by atoms with Gasteiger partial charge in [-0.25, -0.2) is 4.79 Å². The first-order chi connectivity index (χ1) is 9.02. The van der Waals surface area contributed by atoms with Gasteiger partial charge in [0.05, 0.1) is 13.3 Å². The second kappa shape index (κ2) is 7.40. The maximum Gasteiger partial charge on any atom is 0.407 e. The molecular weight excluding hydrogens is 248 g/mol. The summed E-state index contributed by atoms with van der Waals surface area (Å²) in [4.78, 5) is 22.5. The number of methoxy groups -OCH3 is 1. The van der Waals surface area contributed by atoms with E-state index in [-0.39, 0.29) is 5.91 Å². The molecule has 0 radical (unpaired) electrons. The number of carbonyl (C=O) groups is 2. The number of alkyl carbamates (subject to hydrolysis) is 1. The van der Waals surface area contributed by atoms with Gasteiger partial charge in [0.2, 0.25) is 5.91 Å². The van der Waals surface area contributed by atoms with Crippen molar-refractivity contribution in [3.8, 4) is 0 Å². The molecule has 1 rings (SSSR count). The second-order valence-corrected chi connectivity index (χ2v) is 4.27. The van der Waals surface area contributed by atoms with E-state index < -0.39 is 12.1 Å². The molecule has 0 spiro atoms. The Balaban J connectivity index is 2.18. The van der Waals surface area contributed by atoms with Crippen LogP contribution in [0.25, 0.3) is 0 Å². The fourth-order valence-corrected chi connectivity index (χ4v) is 1.56. The van der Waals surface area contributed by atoms with Crippen LogP contribution in [0.15, 0.2) is 12.4 Å². The van der Waals surface area contributed by atoms with E-state index in [9.17, 15) is 9.59 Å². The maximum atomic E-state index is 11.6. The van der Waals surface area contributed by atoms with Gasteiger partial charge in [-0.05, 0) is 25.3 Å². The molecule has 19 heavy (non-hydrogen) atoms. The van der Waals surface area contributed by atoms with Gasteiger partial charge in [-0.1, -0.05) is 0 Å². The van der Waals surface area contributed by atoms with Crippen LogP contribution in [-0.4, -0.2) is 41.5 Å². The van der Waals surface area contributed by atoms with Crippen molar-refractivity contribution >= 4 is 12.0 Å². The van der Waals surface area contributed by atoms with E-state index in [0.29, 0.717) is 6.54 Å². The van der Waals surface area contributed by atoms with Crippen molar-refractivity contribution in [3.63, 3.8) is 0 Å². The maximum absolute atomic E-state index is 11.6. The van der Waals surface area contributed by atoms with Crippen molar-refractivity contribution in [1.29, 1.82) is 0 Å². The minimum atomic E-state index is -0.613. The quantitative estimate of drug-likeness (QED) is 0.722. The smallest absolute Gasteiger partial charge is 0.407 e. The zero-order valence-electron chi connectivity index (χ0n) is 11.5. The second-order valence-electron chi connectivity index (χ2n) is 4.27. The summed E-state index contributed by atoms with van der Waals surface area (Å²) in [6.45, 7) is 2.16. The van der Waals surface area contributed by atoms with Gasteiger partial charge in [0, 0.05) is 19.8 Å². The Bertz CT molecular complexity index is 430. The predicted molar refractivity (Wildman–Crippen MR) is 69.5 cm³/mol. The number of nitrogens with zero attached hydrogens (tertiary/aromatic N) is 2. The number of hydrogen-bond donors (Lipinski definition) is 2. The number of ether oxygens (including phenoxy) is 1. The number of aryl methyl sites for hydroxylation is 2. The Labute approximate surface area is 112 Å². The fraction of sp³-hybridized carbons (Fsp3) is 0.583. The summed E-state index contributed by atoms with van der Waals surface area (Å²) in [6.07, 6.45) is 4.82. The lowest BCUT2D eigenvalue weighted by atomic mass is 10.2. The van der Waals surface area contributed by atoms with E-state index in [4.69, 9.17) is 0 Å². The van der Waals surface area contributed by atoms with E-state index in [0.717, 1.165) is 18.4 Å². The van der Waals surface area contributed by atoms with Crippen molar-refractivity contribution in [2.45, 2.75) is 25.8 Å². The van der Waals surface area contributed by atoms with Crippen LogP contribution in [0.2, 0.25) is 0 Å². The molecule has 0 unspecified atom stereocenters. The number of aromatic nitrogens is 2. The number of amides is 2. The molecular formula is C12H20N4O3. The summed E-state index contributed by atoms with van der Waals surface area (Å²) in [7, 11) is 3.12. The minimum absolute atomic E-state index is 0.225. The molecule has 1 aromatic rings. The third kappa shape index (κ3) is 5.41. The first kappa shape index (κ1) is 15.0. The summed E-state index contributed by atoms with van der Waals surface area (Å²) >= 11 is 0. The lowest BCUT2D eigenvalue weighted by Crippen LogP contribution is -2.45. The zero-order chi connectivity index (χ0) is 14.3. The number of rotatable bonds is 6. The fourth-order valence-electron chi connectivity index (χ4n) is 1.56. The van der Waals surface area contributed by atoms with Crippen LogP contribution >= 0.6 is 0 Å². The Morgan fingerprint density at radius 2 is 2.26 bits per heavy atom. The van der Waals surface area contributed by atoms with Crippen molar-refractivity contribution in [1.82, 2.24) is 20.4 Å². The van der Waals surface area contributed by atoms with Crippen LogP contribution < -0.4 is 10.6 Å². The minimum Gasteiger partial charge on any atom is -0.453 e. The molecule has 0 saturated carbocycles. The lowest BCUT2D eigenvalue weighted by Gasteiger charge is -2.12. The SMILES string of the molecule is COC(=O)N[C@@H](C)C(=O)NCCCc1cnn(C)c1. The van der Waals surface area contributed by atoms with E-state index in [1.54, 1.807) is 11.6 Å². The van der Waals surface area contributed by atoms with Crippen LogP contribution in [0.5, 0.6) is 0 Å². The van der Waals surface area contributed by atoms with Crippen LogP contribution in [0.3, 0.4) is 0 Å². The molecule has 1 aromatic heterocycles. The molecule has 7 heteroatoms. The summed E-state index contributed by atoms with van der Waals surface area (Å²) in [5, 5.41) is 9.23. The lowest BCUT2D eigenvalue weighted by molar-refractivity contribution is -0.122. The van der Waals surface area contributed by atoms with Gasteiger partial charge in [0.1, 0.15) is 6.04 Å². The predicted octanol–water partition coefficient (Wildman–Crippen LogP) is 0.213. The Morgan fingerprint density at radius 1 is 1.53 bits per heavy atom. The Morgan fingerprint density at radius 3 is 2.84 bits per heavy atom. The number of carbonyl (C=O) groups excluding carboxylic acids is 2. The van der Waals surface area contributed by atoms with Gasteiger partial charge in [0.25, 0.3) is 0 Å². The van der Waals surface area contributed by atoms with Crippen molar-refractivity contribution in [2.75, 3.05) is 13.7 Å². The average Bonchev–Trinajstić information content (AvgIpc) is 2.79. The molecule has 1 heterocycles. The van der Waals surface area contributed by atoms with Gasteiger partial charge >= 0.3 is 6.09 Å². The zero-order valence-corrected chi connectivity index (χ0v) is 11.5. The number of hydrogen-bond acceptors (Lipinski definition) is 4. The van der Waals surface area contributed by atoms with Gasteiger partial charge in [-0.2, -0.15) is 5.10 Å². The summed E-state index contributed by atoms with van der Waals surface area (Å²) in [6, 6.07) is -0.606.